The van der Waals surface area contributed by atoms with E-state index in [2.05, 4.69) is 21.2 Å². The van der Waals surface area contributed by atoms with Gasteiger partial charge in [-0.05, 0) is 47.4 Å². The minimum Gasteiger partial charge on any atom is -0.379 e. The Balaban J connectivity index is 2.35. The number of rotatable bonds is 3. The highest BCUT2D eigenvalue weighted by atomic mass is 79.9. The van der Waals surface area contributed by atoms with Crippen molar-refractivity contribution < 1.29 is 8.42 Å². The van der Waals surface area contributed by atoms with Crippen molar-refractivity contribution in [2.24, 2.45) is 5.73 Å². The van der Waals surface area contributed by atoms with Crippen molar-refractivity contribution in [2.45, 2.75) is 23.8 Å². The number of fused-ring (bicyclic) bond motifs is 1. The van der Waals surface area contributed by atoms with Gasteiger partial charge in [0.25, 0.3) is 0 Å². The first-order chi connectivity index (χ1) is 8.04. The maximum absolute atomic E-state index is 12.1. The molecule has 0 bridgehead atoms. The molecule has 1 aliphatic heterocycles. The molecule has 94 valence electrons. The van der Waals surface area contributed by atoms with Crippen LogP contribution in [0.15, 0.2) is 27.6 Å². The molecule has 6 heteroatoms. The van der Waals surface area contributed by atoms with Gasteiger partial charge in [0.1, 0.15) is 0 Å². The average molecular weight is 319 g/mol. The molecule has 0 aromatic heterocycles. The van der Waals surface area contributed by atoms with Gasteiger partial charge in [-0.1, -0.05) is 6.07 Å². The molecule has 0 saturated carbocycles. The summed E-state index contributed by atoms with van der Waals surface area (Å²) in [6.07, 6.45) is 1.60. The number of nitrogens with one attached hydrogen (secondary N) is 1. The quantitative estimate of drug-likeness (QED) is 0.890. The monoisotopic (exact) mass is 318 g/mol. The van der Waals surface area contributed by atoms with Gasteiger partial charge in [-0.15, -0.1) is 0 Å². The van der Waals surface area contributed by atoms with Crippen LogP contribution in [0.4, 0.5) is 5.69 Å². The summed E-state index contributed by atoms with van der Waals surface area (Å²) >= 11 is 3.38. The van der Waals surface area contributed by atoms with E-state index in [0.717, 1.165) is 17.3 Å². The van der Waals surface area contributed by atoms with E-state index in [0.29, 0.717) is 17.1 Å². The van der Waals surface area contributed by atoms with Crippen LogP contribution in [0.25, 0.3) is 0 Å². The molecule has 0 fully saturated rings. The predicted molar refractivity (Wildman–Crippen MR) is 71.9 cm³/mol. The molecule has 4 nitrogen and oxygen atoms in total. The molecule has 17 heavy (non-hydrogen) atoms. The number of sulfone groups is 1. The molecule has 0 saturated heterocycles. The minimum absolute atomic E-state index is 0.0465. The van der Waals surface area contributed by atoms with Crippen LogP contribution in [0.2, 0.25) is 0 Å². The Kier molecular flexibility index (Phi) is 3.75. The largest absolute Gasteiger partial charge is 0.379 e. The SMILES string of the molecule is NCCCC1CS(=O)(=O)c2cccc(Br)c2N1. The molecule has 1 aromatic carbocycles. The second-order valence-electron chi connectivity index (χ2n) is 4.17. The van der Waals surface area contributed by atoms with Crippen molar-refractivity contribution in [1.29, 1.82) is 0 Å². The maximum atomic E-state index is 12.1. The summed E-state index contributed by atoms with van der Waals surface area (Å²) in [5.74, 6) is 0.149. The van der Waals surface area contributed by atoms with Crippen molar-refractivity contribution in [3.05, 3.63) is 22.7 Å². The zero-order valence-electron chi connectivity index (χ0n) is 9.32. The number of hydrogen-bond acceptors (Lipinski definition) is 4. The summed E-state index contributed by atoms with van der Waals surface area (Å²) in [4.78, 5) is 0.385. The molecule has 0 spiro atoms. The van der Waals surface area contributed by atoms with Gasteiger partial charge in [0.05, 0.1) is 16.3 Å². The van der Waals surface area contributed by atoms with Crippen LogP contribution in [-0.4, -0.2) is 26.8 Å². The number of para-hydroxylation sites is 1. The third-order valence-electron chi connectivity index (χ3n) is 2.84. The minimum atomic E-state index is -3.18. The number of anilines is 1. The zero-order chi connectivity index (χ0) is 12.5. The Morgan fingerprint density at radius 1 is 1.47 bits per heavy atom. The van der Waals surface area contributed by atoms with Gasteiger partial charge in [0.2, 0.25) is 0 Å². The number of hydrogen-bond donors (Lipinski definition) is 2. The van der Waals surface area contributed by atoms with Gasteiger partial charge in [0.15, 0.2) is 9.84 Å². The van der Waals surface area contributed by atoms with Crippen LogP contribution in [-0.2, 0) is 9.84 Å². The van der Waals surface area contributed by atoms with E-state index in [-0.39, 0.29) is 11.8 Å². The van der Waals surface area contributed by atoms with Gasteiger partial charge in [0, 0.05) is 10.5 Å². The molecule has 1 aromatic rings. The molecule has 1 heterocycles. The van der Waals surface area contributed by atoms with Crippen molar-refractivity contribution in [1.82, 2.24) is 0 Å². The molecule has 0 aliphatic carbocycles. The highest BCUT2D eigenvalue weighted by Crippen LogP contribution is 2.35. The van der Waals surface area contributed by atoms with E-state index in [9.17, 15) is 8.42 Å². The Hall–Kier alpha value is -0.590. The third kappa shape index (κ3) is 2.64. The molecule has 1 atom stereocenters. The highest BCUT2D eigenvalue weighted by molar-refractivity contribution is 9.10. The molecule has 3 N–H and O–H groups in total. The molecule has 1 aliphatic rings. The number of halogens is 1. The van der Waals surface area contributed by atoms with Gasteiger partial charge in [-0.25, -0.2) is 8.42 Å². The molecule has 0 radical (unpaired) electrons. The lowest BCUT2D eigenvalue weighted by Crippen LogP contribution is -2.34. The summed E-state index contributed by atoms with van der Waals surface area (Å²) in [6, 6.07) is 5.17. The molecule has 1 unspecified atom stereocenters. The first-order valence-electron chi connectivity index (χ1n) is 5.52. The predicted octanol–water partition coefficient (Wildman–Crippen LogP) is 1.76. The lowest BCUT2D eigenvalue weighted by molar-refractivity contribution is 0.575. The smallest absolute Gasteiger partial charge is 0.182 e. The highest BCUT2D eigenvalue weighted by Gasteiger charge is 2.30. The lowest BCUT2D eigenvalue weighted by Gasteiger charge is -2.27. The summed E-state index contributed by atoms with van der Waals surface area (Å²) in [5, 5.41) is 3.27. The standard InChI is InChI=1S/C11H15BrN2O2S/c12-9-4-1-5-10-11(9)14-8(3-2-6-13)7-17(10,15)16/h1,4-5,8,14H,2-3,6-7,13H2. The summed E-state index contributed by atoms with van der Waals surface area (Å²) in [5.41, 5.74) is 6.13. The van der Waals surface area contributed by atoms with Crippen LogP contribution in [0, 0.1) is 0 Å². The van der Waals surface area contributed by atoms with Crippen LogP contribution in [0.3, 0.4) is 0 Å². The molecule has 0 amide bonds. The van der Waals surface area contributed by atoms with Crippen molar-refractivity contribution in [2.75, 3.05) is 17.6 Å². The number of benzene rings is 1. The van der Waals surface area contributed by atoms with E-state index in [1.165, 1.54) is 0 Å². The van der Waals surface area contributed by atoms with Crippen molar-refractivity contribution in [3.8, 4) is 0 Å². The van der Waals surface area contributed by atoms with E-state index in [4.69, 9.17) is 5.73 Å². The first-order valence-corrected chi connectivity index (χ1v) is 7.97. The first kappa shape index (κ1) is 12.9. The van der Waals surface area contributed by atoms with Crippen LogP contribution >= 0.6 is 15.9 Å². The fraction of sp³-hybridized carbons (Fsp3) is 0.455. The Morgan fingerprint density at radius 2 is 2.24 bits per heavy atom. The second-order valence-corrected chi connectivity index (χ2v) is 7.02. The zero-order valence-corrected chi connectivity index (χ0v) is 11.7. The Bertz CT molecular complexity index is 516. The second kappa shape index (κ2) is 4.96. The Morgan fingerprint density at radius 3 is 2.94 bits per heavy atom. The number of nitrogens with two attached hydrogens (primary N) is 1. The van der Waals surface area contributed by atoms with Gasteiger partial charge in [-0.3, -0.25) is 0 Å². The van der Waals surface area contributed by atoms with E-state index < -0.39 is 9.84 Å². The van der Waals surface area contributed by atoms with Crippen LogP contribution in [0.1, 0.15) is 12.8 Å². The van der Waals surface area contributed by atoms with E-state index in [1.807, 2.05) is 6.07 Å². The van der Waals surface area contributed by atoms with Crippen molar-refractivity contribution >= 4 is 31.5 Å². The molecular formula is C11H15BrN2O2S. The van der Waals surface area contributed by atoms with Gasteiger partial charge < -0.3 is 11.1 Å². The third-order valence-corrected chi connectivity index (χ3v) is 5.35. The van der Waals surface area contributed by atoms with E-state index in [1.54, 1.807) is 12.1 Å². The van der Waals surface area contributed by atoms with Crippen molar-refractivity contribution in [3.63, 3.8) is 0 Å². The maximum Gasteiger partial charge on any atom is 0.182 e. The van der Waals surface area contributed by atoms with Crippen LogP contribution in [0.5, 0.6) is 0 Å². The van der Waals surface area contributed by atoms with Gasteiger partial charge >= 0.3 is 0 Å². The average Bonchev–Trinajstić information content (AvgIpc) is 2.27. The van der Waals surface area contributed by atoms with Crippen LogP contribution < -0.4 is 11.1 Å². The summed E-state index contributed by atoms with van der Waals surface area (Å²) < 4.78 is 25.0. The fourth-order valence-electron chi connectivity index (χ4n) is 2.02. The van der Waals surface area contributed by atoms with E-state index >= 15 is 0 Å². The summed E-state index contributed by atoms with van der Waals surface area (Å²) in [7, 11) is -3.18. The molecular weight excluding hydrogens is 304 g/mol. The lowest BCUT2D eigenvalue weighted by atomic mass is 10.1. The Labute approximate surface area is 110 Å². The summed E-state index contributed by atoms with van der Waals surface area (Å²) in [6.45, 7) is 0.584. The fourth-order valence-corrected chi connectivity index (χ4v) is 4.36. The van der Waals surface area contributed by atoms with Gasteiger partial charge in [-0.2, -0.15) is 0 Å². The normalized spacial score (nSPS) is 21.6. The molecule has 2 rings (SSSR count). The topological polar surface area (TPSA) is 72.2 Å².